The summed E-state index contributed by atoms with van der Waals surface area (Å²) in [6, 6.07) is -0.512. The third-order valence-corrected chi connectivity index (χ3v) is 3.32. The molecule has 0 bridgehead atoms. The number of H-pyrrole nitrogens is 1. The van der Waals surface area contributed by atoms with Gasteiger partial charge in [0, 0.05) is 5.88 Å². The molecule has 0 aromatic carbocycles. The minimum atomic E-state index is -3.36. The number of rotatable bonds is 5. The molecule has 0 aliphatic rings. The number of tetrazole rings is 1. The molecule has 0 aliphatic carbocycles. The largest absolute Gasteiger partial charge is 0.213 e. The lowest BCUT2D eigenvalue weighted by Crippen LogP contribution is -2.30. The van der Waals surface area contributed by atoms with Gasteiger partial charge in [-0.25, -0.2) is 13.1 Å². The number of nitrogens with one attached hydrogen (secondary N) is 2. The molecule has 9 heteroatoms. The fourth-order valence-electron chi connectivity index (χ4n) is 0.836. The van der Waals surface area contributed by atoms with Crippen molar-refractivity contribution in [2.45, 2.75) is 13.0 Å². The standard InChI is InChI=1S/C5H10ClN5O2S/c1-4(5-7-10-11-8-5)9-14(12,13)3-2-6/h4,9H,2-3H2,1H3,(H,7,8,10,11). The quantitative estimate of drug-likeness (QED) is 0.670. The predicted molar refractivity (Wildman–Crippen MR) is 50.2 cm³/mol. The topological polar surface area (TPSA) is 101 Å². The average molecular weight is 240 g/mol. The van der Waals surface area contributed by atoms with E-state index in [4.69, 9.17) is 11.6 Å². The molecule has 7 nitrogen and oxygen atoms in total. The van der Waals surface area contributed by atoms with Crippen LogP contribution >= 0.6 is 11.6 Å². The molecule has 1 unspecified atom stereocenters. The van der Waals surface area contributed by atoms with Crippen molar-refractivity contribution >= 4 is 21.6 Å². The van der Waals surface area contributed by atoms with Crippen molar-refractivity contribution < 1.29 is 8.42 Å². The van der Waals surface area contributed by atoms with Crippen LogP contribution in [0.5, 0.6) is 0 Å². The Labute approximate surface area is 86.3 Å². The smallest absolute Gasteiger partial charge is 0.212 e. The van der Waals surface area contributed by atoms with Crippen molar-refractivity contribution in [1.29, 1.82) is 0 Å². The van der Waals surface area contributed by atoms with Gasteiger partial charge in [0.25, 0.3) is 0 Å². The summed E-state index contributed by atoms with van der Waals surface area (Å²) >= 11 is 5.33. The summed E-state index contributed by atoms with van der Waals surface area (Å²) in [7, 11) is -3.36. The maximum atomic E-state index is 11.3. The summed E-state index contributed by atoms with van der Waals surface area (Å²) in [5.41, 5.74) is 0. The first-order chi connectivity index (χ1) is 6.55. The second kappa shape index (κ2) is 4.67. The number of hydrogen-bond donors (Lipinski definition) is 2. The summed E-state index contributed by atoms with van der Waals surface area (Å²) in [5.74, 6) is 0.216. The van der Waals surface area contributed by atoms with E-state index in [1.807, 2.05) is 0 Å². The Morgan fingerprint density at radius 2 is 2.36 bits per heavy atom. The number of sulfonamides is 1. The zero-order chi connectivity index (χ0) is 10.6. The fourth-order valence-corrected chi connectivity index (χ4v) is 2.41. The van der Waals surface area contributed by atoms with E-state index < -0.39 is 16.1 Å². The molecular formula is C5H10ClN5O2S. The van der Waals surface area contributed by atoms with Gasteiger partial charge in [0.2, 0.25) is 10.0 Å². The van der Waals surface area contributed by atoms with Crippen LogP contribution in [0.2, 0.25) is 0 Å². The minimum Gasteiger partial charge on any atom is -0.212 e. The zero-order valence-electron chi connectivity index (χ0n) is 7.44. The summed E-state index contributed by atoms with van der Waals surface area (Å²) in [6.07, 6.45) is 0. The van der Waals surface area contributed by atoms with Gasteiger partial charge in [-0.05, 0) is 6.92 Å². The van der Waals surface area contributed by atoms with Crippen LogP contribution in [0.3, 0.4) is 0 Å². The Kier molecular flexibility index (Phi) is 3.78. The molecule has 1 rings (SSSR count). The molecule has 0 saturated carbocycles. The van der Waals surface area contributed by atoms with Crippen LogP contribution in [0.4, 0.5) is 0 Å². The summed E-state index contributed by atoms with van der Waals surface area (Å²) < 4.78 is 24.9. The van der Waals surface area contributed by atoms with E-state index in [2.05, 4.69) is 25.3 Å². The van der Waals surface area contributed by atoms with Crippen LogP contribution in [0.15, 0.2) is 0 Å². The fraction of sp³-hybridized carbons (Fsp3) is 0.800. The molecular weight excluding hydrogens is 230 g/mol. The monoisotopic (exact) mass is 239 g/mol. The van der Waals surface area contributed by atoms with Crippen molar-refractivity contribution in [1.82, 2.24) is 25.3 Å². The maximum Gasteiger partial charge on any atom is 0.213 e. The summed E-state index contributed by atoms with van der Waals surface area (Å²) in [6.45, 7) is 1.62. The molecule has 0 amide bonds. The first kappa shape index (κ1) is 11.3. The lowest BCUT2D eigenvalue weighted by Gasteiger charge is -2.08. The lowest BCUT2D eigenvalue weighted by atomic mass is 10.4. The molecule has 0 saturated heterocycles. The zero-order valence-corrected chi connectivity index (χ0v) is 9.01. The van der Waals surface area contributed by atoms with Gasteiger partial charge in [0.05, 0.1) is 11.8 Å². The molecule has 14 heavy (non-hydrogen) atoms. The van der Waals surface area contributed by atoms with Crippen LogP contribution in [-0.2, 0) is 10.0 Å². The van der Waals surface area contributed by atoms with Crippen molar-refractivity contribution in [3.8, 4) is 0 Å². The van der Waals surface area contributed by atoms with E-state index in [1.165, 1.54) is 0 Å². The van der Waals surface area contributed by atoms with Crippen LogP contribution in [0.25, 0.3) is 0 Å². The normalized spacial score (nSPS) is 14.1. The van der Waals surface area contributed by atoms with Crippen LogP contribution in [0.1, 0.15) is 18.8 Å². The van der Waals surface area contributed by atoms with Gasteiger partial charge in [-0.2, -0.15) is 5.21 Å². The van der Waals surface area contributed by atoms with E-state index in [-0.39, 0.29) is 11.6 Å². The maximum absolute atomic E-state index is 11.3. The molecule has 0 aliphatic heterocycles. The summed E-state index contributed by atoms with van der Waals surface area (Å²) in [5, 5.41) is 12.9. The van der Waals surface area contributed by atoms with Gasteiger partial charge in [0.15, 0.2) is 5.82 Å². The third kappa shape index (κ3) is 3.20. The number of aromatic amines is 1. The van der Waals surface area contributed by atoms with Crippen molar-refractivity contribution in [3.05, 3.63) is 5.82 Å². The molecule has 0 radical (unpaired) electrons. The van der Waals surface area contributed by atoms with Gasteiger partial charge in [-0.3, -0.25) is 0 Å². The molecule has 0 spiro atoms. The van der Waals surface area contributed by atoms with Crippen LogP contribution in [-0.4, -0.2) is 40.7 Å². The van der Waals surface area contributed by atoms with Gasteiger partial charge in [0.1, 0.15) is 0 Å². The number of hydrogen-bond acceptors (Lipinski definition) is 5. The van der Waals surface area contributed by atoms with E-state index in [0.29, 0.717) is 5.82 Å². The molecule has 1 aromatic heterocycles. The van der Waals surface area contributed by atoms with E-state index >= 15 is 0 Å². The number of nitrogens with zero attached hydrogens (tertiary/aromatic N) is 3. The van der Waals surface area contributed by atoms with E-state index in [1.54, 1.807) is 6.92 Å². The number of aromatic nitrogens is 4. The first-order valence-electron chi connectivity index (χ1n) is 3.84. The van der Waals surface area contributed by atoms with Crippen molar-refractivity contribution in [2.75, 3.05) is 11.6 Å². The Bertz CT molecular complexity index is 363. The molecule has 80 valence electrons. The van der Waals surface area contributed by atoms with E-state index in [0.717, 1.165) is 0 Å². The highest BCUT2D eigenvalue weighted by Crippen LogP contribution is 2.05. The van der Waals surface area contributed by atoms with Gasteiger partial charge < -0.3 is 0 Å². The van der Waals surface area contributed by atoms with Crippen molar-refractivity contribution in [2.24, 2.45) is 0 Å². The Morgan fingerprint density at radius 1 is 1.64 bits per heavy atom. The van der Waals surface area contributed by atoms with Crippen molar-refractivity contribution in [3.63, 3.8) is 0 Å². The number of halogens is 1. The molecule has 1 aromatic rings. The van der Waals surface area contributed by atoms with Crippen LogP contribution < -0.4 is 4.72 Å². The molecule has 1 heterocycles. The lowest BCUT2D eigenvalue weighted by molar-refractivity contribution is 0.561. The van der Waals surface area contributed by atoms with Gasteiger partial charge in [-0.1, -0.05) is 5.21 Å². The Hall–Kier alpha value is -0.730. The predicted octanol–water partition coefficient (Wildman–Crippen LogP) is -0.581. The second-order valence-electron chi connectivity index (χ2n) is 2.62. The Balaban J connectivity index is 2.61. The van der Waals surface area contributed by atoms with Crippen LogP contribution in [0, 0.1) is 0 Å². The highest BCUT2D eigenvalue weighted by molar-refractivity contribution is 7.89. The minimum absolute atomic E-state index is 0.0499. The van der Waals surface area contributed by atoms with Gasteiger partial charge >= 0.3 is 0 Å². The van der Waals surface area contributed by atoms with Gasteiger partial charge in [-0.15, -0.1) is 21.8 Å². The highest BCUT2D eigenvalue weighted by atomic mass is 35.5. The number of alkyl halides is 1. The van der Waals surface area contributed by atoms with E-state index in [9.17, 15) is 8.42 Å². The second-order valence-corrected chi connectivity index (χ2v) is 4.87. The molecule has 1 atom stereocenters. The molecule has 2 N–H and O–H groups in total. The SMILES string of the molecule is CC(NS(=O)(=O)CCCl)c1nn[nH]n1. The first-order valence-corrected chi connectivity index (χ1v) is 6.03. The Morgan fingerprint density at radius 3 is 2.86 bits per heavy atom. The molecule has 0 fully saturated rings. The summed E-state index contributed by atoms with van der Waals surface area (Å²) in [4.78, 5) is 0. The average Bonchev–Trinajstić information content (AvgIpc) is 2.53. The third-order valence-electron chi connectivity index (χ3n) is 1.45. The highest BCUT2D eigenvalue weighted by Gasteiger charge is 2.17.